The van der Waals surface area contributed by atoms with E-state index >= 15 is 0 Å². The van der Waals surface area contributed by atoms with E-state index in [0.29, 0.717) is 0 Å². The van der Waals surface area contributed by atoms with Crippen LogP contribution in [0.5, 0.6) is 0 Å². The van der Waals surface area contributed by atoms with Gasteiger partial charge in [-0.1, -0.05) is 6.07 Å². The maximum Gasteiger partial charge on any atom is 0.242 e. The molecule has 1 saturated heterocycles. The van der Waals surface area contributed by atoms with Crippen molar-refractivity contribution < 1.29 is 4.79 Å². The van der Waals surface area contributed by atoms with Crippen LogP contribution in [-0.2, 0) is 4.79 Å². The molecule has 1 aromatic rings. The van der Waals surface area contributed by atoms with E-state index in [1.807, 2.05) is 27.7 Å². The molecule has 22 heavy (non-hydrogen) atoms. The summed E-state index contributed by atoms with van der Waals surface area (Å²) in [5.74, 6) is 0.0462. The lowest BCUT2D eigenvalue weighted by Crippen LogP contribution is -2.47. The Morgan fingerprint density at radius 2 is 1.91 bits per heavy atom. The number of aryl methyl sites for hydroxylation is 2. The minimum absolute atomic E-state index is 0.0462. The zero-order valence-electron chi connectivity index (χ0n) is 14.0. The van der Waals surface area contributed by atoms with Gasteiger partial charge in [-0.15, -0.1) is 0 Å². The molecule has 0 saturated carbocycles. The van der Waals surface area contributed by atoms with Gasteiger partial charge in [0.2, 0.25) is 5.91 Å². The number of carbonyl (C=O) groups excluding carboxylic acids is 1. The van der Waals surface area contributed by atoms with E-state index in [-0.39, 0.29) is 18.0 Å². The second kappa shape index (κ2) is 7.01. The molecule has 1 amide bonds. The highest BCUT2D eigenvalue weighted by molar-refractivity contribution is 5.85. The zero-order valence-corrected chi connectivity index (χ0v) is 14.0. The Labute approximate surface area is 133 Å². The second-order valence-electron chi connectivity index (χ2n) is 6.32. The van der Waals surface area contributed by atoms with E-state index in [2.05, 4.69) is 22.0 Å². The molecule has 1 aromatic carbocycles. The van der Waals surface area contributed by atoms with Gasteiger partial charge in [0.05, 0.1) is 0 Å². The van der Waals surface area contributed by atoms with Gasteiger partial charge in [-0.3, -0.25) is 4.79 Å². The molecule has 1 aliphatic heterocycles. The quantitative estimate of drug-likeness (QED) is 0.640. The molecule has 1 fully saturated rings. The number of anilines is 2. The van der Waals surface area contributed by atoms with Crippen LogP contribution >= 0.6 is 0 Å². The van der Waals surface area contributed by atoms with Gasteiger partial charge in [0.15, 0.2) is 0 Å². The summed E-state index contributed by atoms with van der Waals surface area (Å²) in [4.78, 5) is 12.4. The first-order chi connectivity index (χ1) is 10.4. The SMILES string of the molecule is Cc1cc(C)c(NC(C)C(=O)NC2CCNCC2)c(C)c1N. The Bertz CT molecular complexity index is 550. The number of hydrogen-bond acceptors (Lipinski definition) is 4. The number of hydrogen-bond donors (Lipinski definition) is 4. The van der Waals surface area contributed by atoms with E-state index in [4.69, 9.17) is 5.73 Å². The average molecular weight is 304 g/mol. The third kappa shape index (κ3) is 3.71. The molecule has 1 atom stereocenters. The van der Waals surface area contributed by atoms with Crippen molar-refractivity contribution in [1.29, 1.82) is 0 Å². The Kier molecular flexibility index (Phi) is 5.29. The van der Waals surface area contributed by atoms with Crippen molar-refractivity contribution >= 4 is 17.3 Å². The summed E-state index contributed by atoms with van der Waals surface area (Å²) in [6, 6.07) is 2.06. The van der Waals surface area contributed by atoms with Crippen molar-refractivity contribution in [2.75, 3.05) is 24.1 Å². The fourth-order valence-electron chi connectivity index (χ4n) is 3.00. The summed E-state index contributed by atoms with van der Waals surface area (Å²) in [7, 11) is 0. The van der Waals surface area contributed by atoms with Crippen LogP contribution in [0.15, 0.2) is 6.07 Å². The first-order valence-electron chi connectivity index (χ1n) is 8.04. The van der Waals surface area contributed by atoms with Crippen LogP contribution in [0.25, 0.3) is 0 Å². The fourth-order valence-corrected chi connectivity index (χ4v) is 3.00. The van der Waals surface area contributed by atoms with Gasteiger partial charge in [0, 0.05) is 17.4 Å². The monoisotopic (exact) mass is 304 g/mol. The first kappa shape index (κ1) is 16.6. The van der Waals surface area contributed by atoms with Crippen LogP contribution in [0.1, 0.15) is 36.5 Å². The van der Waals surface area contributed by atoms with Crippen molar-refractivity contribution in [3.8, 4) is 0 Å². The Morgan fingerprint density at radius 3 is 2.55 bits per heavy atom. The van der Waals surface area contributed by atoms with Crippen molar-refractivity contribution in [2.24, 2.45) is 0 Å². The van der Waals surface area contributed by atoms with Crippen molar-refractivity contribution in [1.82, 2.24) is 10.6 Å². The molecule has 2 rings (SSSR count). The molecule has 122 valence electrons. The van der Waals surface area contributed by atoms with Crippen molar-refractivity contribution in [3.05, 3.63) is 22.8 Å². The highest BCUT2D eigenvalue weighted by Crippen LogP contribution is 2.29. The van der Waals surface area contributed by atoms with E-state index < -0.39 is 0 Å². The maximum absolute atomic E-state index is 12.4. The van der Waals surface area contributed by atoms with E-state index in [1.165, 1.54) is 0 Å². The molecular formula is C17H28N4O. The van der Waals surface area contributed by atoms with Gasteiger partial charge in [-0.2, -0.15) is 0 Å². The number of nitrogens with two attached hydrogens (primary N) is 1. The molecule has 0 bridgehead atoms. The van der Waals surface area contributed by atoms with Gasteiger partial charge in [0.25, 0.3) is 0 Å². The molecule has 5 N–H and O–H groups in total. The number of nitrogen functional groups attached to an aromatic ring is 1. The van der Waals surface area contributed by atoms with Crippen LogP contribution in [0.3, 0.4) is 0 Å². The topological polar surface area (TPSA) is 79.2 Å². The fraction of sp³-hybridized carbons (Fsp3) is 0.588. The minimum Gasteiger partial charge on any atom is -0.398 e. The predicted octanol–water partition coefficient (Wildman–Crippen LogP) is 1.86. The van der Waals surface area contributed by atoms with E-state index in [1.54, 1.807) is 0 Å². The van der Waals surface area contributed by atoms with E-state index in [9.17, 15) is 4.79 Å². The highest BCUT2D eigenvalue weighted by atomic mass is 16.2. The first-order valence-corrected chi connectivity index (χ1v) is 8.04. The third-order valence-electron chi connectivity index (χ3n) is 4.47. The Balaban J connectivity index is 2.03. The summed E-state index contributed by atoms with van der Waals surface area (Å²) >= 11 is 0. The summed E-state index contributed by atoms with van der Waals surface area (Å²) in [5.41, 5.74) is 11.1. The Hall–Kier alpha value is -1.75. The largest absolute Gasteiger partial charge is 0.398 e. The highest BCUT2D eigenvalue weighted by Gasteiger charge is 2.20. The van der Waals surface area contributed by atoms with Gasteiger partial charge in [-0.25, -0.2) is 0 Å². The minimum atomic E-state index is -0.283. The van der Waals surface area contributed by atoms with Crippen LogP contribution in [-0.4, -0.2) is 31.1 Å². The summed E-state index contributed by atoms with van der Waals surface area (Å²) < 4.78 is 0. The lowest BCUT2D eigenvalue weighted by Gasteiger charge is -2.26. The van der Waals surface area contributed by atoms with Crippen LogP contribution in [0.4, 0.5) is 11.4 Å². The molecule has 1 heterocycles. The van der Waals surface area contributed by atoms with Crippen molar-refractivity contribution in [2.45, 2.75) is 52.6 Å². The molecule has 0 aromatic heterocycles. The van der Waals surface area contributed by atoms with E-state index in [0.717, 1.165) is 54.0 Å². The zero-order chi connectivity index (χ0) is 16.3. The van der Waals surface area contributed by atoms with Gasteiger partial charge < -0.3 is 21.7 Å². The van der Waals surface area contributed by atoms with Gasteiger partial charge >= 0.3 is 0 Å². The van der Waals surface area contributed by atoms with Crippen LogP contribution in [0, 0.1) is 20.8 Å². The lowest BCUT2D eigenvalue weighted by molar-refractivity contribution is -0.122. The number of rotatable bonds is 4. The number of amides is 1. The second-order valence-corrected chi connectivity index (χ2v) is 6.32. The number of nitrogens with one attached hydrogen (secondary N) is 3. The van der Waals surface area contributed by atoms with Crippen molar-refractivity contribution in [3.63, 3.8) is 0 Å². The number of piperidine rings is 1. The molecule has 1 unspecified atom stereocenters. The summed E-state index contributed by atoms with van der Waals surface area (Å²) in [5, 5.41) is 9.76. The molecular weight excluding hydrogens is 276 g/mol. The maximum atomic E-state index is 12.4. The Morgan fingerprint density at radius 1 is 1.27 bits per heavy atom. The number of carbonyl (C=O) groups is 1. The van der Waals surface area contributed by atoms with Crippen LogP contribution < -0.4 is 21.7 Å². The van der Waals surface area contributed by atoms with Gasteiger partial charge in [0.1, 0.15) is 6.04 Å². The van der Waals surface area contributed by atoms with Gasteiger partial charge in [-0.05, 0) is 70.3 Å². The predicted molar refractivity (Wildman–Crippen MR) is 92.2 cm³/mol. The normalized spacial score (nSPS) is 17.1. The number of benzene rings is 1. The molecule has 5 heteroatoms. The molecule has 1 aliphatic rings. The third-order valence-corrected chi connectivity index (χ3v) is 4.47. The summed E-state index contributed by atoms with van der Waals surface area (Å²) in [6.07, 6.45) is 1.99. The molecule has 5 nitrogen and oxygen atoms in total. The molecule has 0 radical (unpaired) electrons. The summed E-state index contributed by atoms with van der Waals surface area (Å²) in [6.45, 7) is 9.88. The van der Waals surface area contributed by atoms with Crippen LogP contribution in [0.2, 0.25) is 0 Å². The molecule has 0 spiro atoms. The standard InChI is InChI=1S/C17H28N4O/c1-10-9-11(2)16(12(3)15(10)18)20-13(4)17(22)21-14-5-7-19-8-6-14/h9,13-14,19-20H,5-8,18H2,1-4H3,(H,21,22). The average Bonchev–Trinajstić information content (AvgIpc) is 2.50. The lowest BCUT2D eigenvalue weighted by atomic mass is 10.0. The molecule has 0 aliphatic carbocycles. The smallest absolute Gasteiger partial charge is 0.242 e.